The Kier molecular flexibility index (Phi) is 5.48. The molecule has 5 nitrogen and oxygen atoms in total. The number of aryl methyl sites for hydroxylation is 1. The molecule has 0 aromatic carbocycles. The maximum Gasteiger partial charge on any atom is 0.222 e. The third kappa shape index (κ3) is 4.09. The molecule has 1 N–H and O–H groups in total. The van der Waals surface area contributed by atoms with E-state index >= 15 is 0 Å². The molecule has 3 rings (SSSR count). The number of piperazine rings is 1. The molecule has 2 fully saturated rings. The second-order valence-electron chi connectivity index (χ2n) is 6.67. The van der Waals surface area contributed by atoms with E-state index in [1.165, 1.54) is 37.7 Å². The Balaban J connectivity index is 1.36. The predicted molar refractivity (Wildman–Crippen MR) is 86.6 cm³/mol. The zero-order valence-corrected chi connectivity index (χ0v) is 13.5. The van der Waals surface area contributed by atoms with Gasteiger partial charge < -0.3 is 4.90 Å². The Hall–Kier alpha value is -1.36. The standard InChI is InChI=1S/C17H28N4O/c22-17(8-4-5-15-13-18-19-14-15)21-11-9-20(10-12-21)16-6-2-1-3-7-16/h13-14,16H,1-12H2,(H,18,19). The van der Waals surface area contributed by atoms with Crippen molar-refractivity contribution in [2.75, 3.05) is 26.2 Å². The van der Waals surface area contributed by atoms with Gasteiger partial charge in [0.15, 0.2) is 0 Å². The molecule has 0 bridgehead atoms. The van der Waals surface area contributed by atoms with E-state index in [9.17, 15) is 4.79 Å². The Morgan fingerprint density at radius 1 is 1.18 bits per heavy atom. The van der Waals surface area contributed by atoms with Gasteiger partial charge >= 0.3 is 0 Å². The van der Waals surface area contributed by atoms with Crippen LogP contribution in [0.3, 0.4) is 0 Å². The highest BCUT2D eigenvalue weighted by molar-refractivity contribution is 5.76. The van der Waals surface area contributed by atoms with Crippen molar-refractivity contribution in [1.82, 2.24) is 20.0 Å². The summed E-state index contributed by atoms with van der Waals surface area (Å²) < 4.78 is 0. The van der Waals surface area contributed by atoms with Gasteiger partial charge in [-0.3, -0.25) is 14.8 Å². The van der Waals surface area contributed by atoms with E-state index in [0.29, 0.717) is 12.3 Å². The normalized spacial score (nSPS) is 21.2. The highest BCUT2D eigenvalue weighted by Crippen LogP contribution is 2.23. The Morgan fingerprint density at radius 2 is 1.95 bits per heavy atom. The van der Waals surface area contributed by atoms with Crippen molar-refractivity contribution in [1.29, 1.82) is 0 Å². The van der Waals surface area contributed by atoms with Gasteiger partial charge in [0.1, 0.15) is 0 Å². The molecule has 1 saturated heterocycles. The third-order valence-electron chi connectivity index (χ3n) is 5.17. The van der Waals surface area contributed by atoms with Gasteiger partial charge in [0.25, 0.3) is 0 Å². The molecule has 0 radical (unpaired) electrons. The van der Waals surface area contributed by atoms with Gasteiger partial charge in [0.2, 0.25) is 5.91 Å². The molecule has 1 aromatic rings. The van der Waals surface area contributed by atoms with E-state index < -0.39 is 0 Å². The smallest absolute Gasteiger partial charge is 0.222 e. The SMILES string of the molecule is O=C(CCCc1cn[nH]c1)N1CCN(C2CCCCC2)CC1. The van der Waals surface area contributed by atoms with Crippen molar-refractivity contribution >= 4 is 5.91 Å². The molecule has 0 atom stereocenters. The molecule has 0 unspecified atom stereocenters. The lowest BCUT2D eigenvalue weighted by molar-refractivity contribution is -0.133. The summed E-state index contributed by atoms with van der Waals surface area (Å²) in [4.78, 5) is 17.0. The van der Waals surface area contributed by atoms with Crippen LogP contribution < -0.4 is 0 Å². The molecule has 1 aliphatic heterocycles. The van der Waals surface area contributed by atoms with Crippen LogP contribution >= 0.6 is 0 Å². The molecule has 5 heteroatoms. The van der Waals surface area contributed by atoms with Gasteiger partial charge in [-0.2, -0.15) is 5.10 Å². The van der Waals surface area contributed by atoms with Crippen LogP contribution in [0.2, 0.25) is 0 Å². The van der Waals surface area contributed by atoms with Crippen molar-refractivity contribution in [3.63, 3.8) is 0 Å². The first-order valence-electron chi connectivity index (χ1n) is 8.82. The summed E-state index contributed by atoms with van der Waals surface area (Å²) in [6, 6.07) is 0.784. The van der Waals surface area contributed by atoms with E-state index in [-0.39, 0.29) is 0 Å². The Bertz CT molecular complexity index is 445. The number of aromatic nitrogens is 2. The number of hydrogen-bond donors (Lipinski definition) is 1. The van der Waals surface area contributed by atoms with Crippen molar-refractivity contribution in [2.24, 2.45) is 0 Å². The quantitative estimate of drug-likeness (QED) is 0.907. The zero-order valence-electron chi connectivity index (χ0n) is 13.5. The number of amides is 1. The second kappa shape index (κ2) is 7.77. The third-order valence-corrected chi connectivity index (χ3v) is 5.17. The summed E-state index contributed by atoms with van der Waals surface area (Å²) in [5.41, 5.74) is 1.19. The average Bonchev–Trinajstić information content (AvgIpc) is 3.09. The molecule has 1 aromatic heterocycles. The molecule has 0 spiro atoms. The van der Waals surface area contributed by atoms with Crippen LogP contribution in [0.5, 0.6) is 0 Å². The fourth-order valence-corrected chi connectivity index (χ4v) is 3.80. The highest BCUT2D eigenvalue weighted by atomic mass is 16.2. The molecule has 122 valence electrons. The summed E-state index contributed by atoms with van der Waals surface area (Å²) in [5, 5.41) is 6.75. The fourth-order valence-electron chi connectivity index (χ4n) is 3.80. The second-order valence-corrected chi connectivity index (χ2v) is 6.67. The number of hydrogen-bond acceptors (Lipinski definition) is 3. The van der Waals surface area contributed by atoms with Gasteiger partial charge in [-0.15, -0.1) is 0 Å². The summed E-state index contributed by atoms with van der Waals surface area (Å²) in [6.07, 6.45) is 13.2. The van der Waals surface area contributed by atoms with Crippen molar-refractivity contribution in [3.05, 3.63) is 18.0 Å². The topological polar surface area (TPSA) is 52.2 Å². The zero-order chi connectivity index (χ0) is 15.2. The summed E-state index contributed by atoms with van der Waals surface area (Å²) >= 11 is 0. The number of carbonyl (C=O) groups is 1. The summed E-state index contributed by atoms with van der Waals surface area (Å²) in [6.45, 7) is 3.97. The van der Waals surface area contributed by atoms with Crippen LogP contribution in [0.4, 0.5) is 0 Å². The minimum absolute atomic E-state index is 0.326. The number of aromatic amines is 1. The minimum atomic E-state index is 0.326. The molecule has 22 heavy (non-hydrogen) atoms. The van der Waals surface area contributed by atoms with Crippen molar-refractivity contribution in [2.45, 2.75) is 57.4 Å². The minimum Gasteiger partial charge on any atom is -0.340 e. The molecule has 1 amide bonds. The van der Waals surface area contributed by atoms with Gasteiger partial charge in [0, 0.05) is 44.8 Å². The van der Waals surface area contributed by atoms with Crippen LogP contribution in [0.15, 0.2) is 12.4 Å². The first-order chi connectivity index (χ1) is 10.8. The van der Waals surface area contributed by atoms with Gasteiger partial charge in [0.05, 0.1) is 6.20 Å². The maximum atomic E-state index is 12.3. The Labute approximate surface area is 133 Å². The number of rotatable bonds is 5. The highest BCUT2D eigenvalue weighted by Gasteiger charge is 2.26. The monoisotopic (exact) mass is 304 g/mol. The lowest BCUT2D eigenvalue weighted by Gasteiger charge is -2.40. The number of H-pyrrole nitrogens is 1. The van der Waals surface area contributed by atoms with E-state index in [4.69, 9.17) is 0 Å². The summed E-state index contributed by atoms with van der Waals surface area (Å²) in [7, 11) is 0. The van der Waals surface area contributed by atoms with E-state index in [2.05, 4.69) is 20.0 Å². The van der Waals surface area contributed by atoms with Crippen LogP contribution in [0, 0.1) is 0 Å². The fraction of sp³-hybridized carbons (Fsp3) is 0.765. The molecule has 2 aliphatic rings. The number of nitrogens with zero attached hydrogens (tertiary/aromatic N) is 3. The lowest BCUT2D eigenvalue weighted by Crippen LogP contribution is -2.52. The number of nitrogens with one attached hydrogen (secondary N) is 1. The first kappa shape index (κ1) is 15.5. The molecule has 2 heterocycles. The van der Waals surface area contributed by atoms with Crippen LogP contribution in [0.25, 0.3) is 0 Å². The maximum absolute atomic E-state index is 12.3. The molecule has 1 saturated carbocycles. The molecular weight excluding hydrogens is 276 g/mol. The molecule has 1 aliphatic carbocycles. The predicted octanol–water partition coefficient (Wildman–Crippen LogP) is 2.21. The van der Waals surface area contributed by atoms with Crippen LogP contribution in [-0.2, 0) is 11.2 Å². The summed E-state index contributed by atoms with van der Waals surface area (Å²) in [5.74, 6) is 0.326. The first-order valence-corrected chi connectivity index (χ1v) is 8.82. The number of carbonyl (C=O) groups excluding carboxylic acids is 1. The van der Waals surface area contributed by atoms with E-state index in [1.807, 2.05) is 12.4 Å². The van der Waals surface area contributed by atoms with Gasteiger partial charge in [-0.05, 0) is 31.2 Å². The van der Waals surface area contributed by atoms with Crippen LogP contribution in [-0.4, -0.2) is 58.1 Å². The van der Waals surface area contributed by atoms with Gasteiger partial charge in [-0.25, -0.2) is 0 Å². The Morgan fingerprint density at radius 3 is 2.64 bits per heavy atom. The van der Waals surface area contributed by atoms with Crippen molar-refractivity contribution in [3.8, 4) is 0 Å². The van der Waals surface area contributed by atoms with Crippen LogP contribution in [0.1, 0.15) is 50.5 Å². The largest absolute Gasteiger partial charge is 0.340 e. The average molecular weight is 304 g/mol. The van der Waals surface area contributed by atoms with E-state index in [1.54, 1.807) is 0 Å². The van der Waals surface area contributed by atoms with Gasteiger partial charge in [-0.1, -0.05) is 19.3 Å². The lowest BCUT2D eigenvalue weighted by atomic mass is 9.94. The van der Waals surface area contributed by atoms with Crippen molar-refractivity contribution < 1.29 is 4.79 Å². The van der Waals surface area contributed by atoms with E-state index in [0.717, 1.165) is 45.1 Å². The molecular formula is C17H28N4O.